The zero-order valence-corrected chi connectivity index (χ0v) is 8.92. The molecule has 1 unspecified atom stereocenters. The van der Waals surface area contributed by atoms with Crippen molar-refractivity contribution >= 4 is 11.6 Å². The first-order valence-corrected chi connectivity index (χ1v) is 5.25. The van der Waals surface area contributed by atoms with Crippen LogP contribution in [0.25, 0.3) is 0 Å². The number of rotatable bonds is 2. The number of nitrogens with one attached hydrogen (secondary N) is 1. The molecule has 0 saturated carbocycles. The Morgan fingerprint density at radius 3 is 2.93 bits per heavy atom. The number of amides is 1. The van der Waals surface area contributed by atoms with Crippen LogP contribution in [0, 0.1) is 0 Å². The lowest BCUT2D eigenvalue weighted by atomic mass is 9.74. The van der Waals surface area contributed by atoms with Gasteiger partial charge < -0.3 is 11.1 Å². The van der Waals surface area contributed by atoms with Gasteiger partial charge in [-0.2, -0.15) is 0 Å². The average molecular weight is 204 g/mol. The molecule has 15 heavy (non-hydrogen) atoms. The van der Waals surface area contributed by atoms with Gasteiger partial charge in [0, 0.05) is 17.5 Å². The van der Waals surface area contributed by atoms with Gasteiger partial charge in [0.1, 0.15) is 0 Å². The summed E-state index contributed by atoms with van der Waals surface area (Å²) in [6, 6.07) is 7.96. The summed E-state index contributed by atoms with van der Waals surface area (Å²) in [6.07, 6.45) is 1.37. The van der Waals surface area contributed by atoms with Crippen LogP contribution in [-0.2, 0) is 10.2 Å². The first-order chi connectivity index (χ1) is 7.15. The topological polar surface area (TPSA) is 55.1 Å². The standard InChI is InChI=1S/C12H16N2O/c1-12(6-7-13)8-11(15)14-10-5-3-2-4-9(10)12/h2-5H,6-8,13H2,1H3,(H,14,15). The van der Waals surface area contributed by atoms with Gasteiger partial charge in [-0.3, -0.25) is 4.79 Å². The Morgan fingerprint density at radius 2 is 2.20 bits per heavy atom. The summed E-state index contributed by atoms with van der Waals surface area (Å²) in [5.74, 6) is 0.0876. The highest BCUT2D eigenvalue weighted by Crippen LogP contribution is 2.39. The van der Waals surface area contributed by atoms with Crippen LogP contribution < -0.4 is 11.1 Å². The van der Waals surface area contributed by atoms with Gasteiger partial charge in [-0.25, -0.2) is 0 Å². The van der Waals surface area contributed by atoms with Crippen molar-refractivity contribution < 1.29 is 4.79 Å². The Morgan fingerprint density at radius 1 is 1.47 bits per heavy atom. The molecule has 2 rings (SSSR count). The summed E-state index contributed by atoms with van der Waals surface area (Å²) >= 11 is 0. The number of para-hydroxylation sites is 1. The van der Waals surface area contributed by atoms with E-state index in [4.69, 9.17) is 5.73 Å². The maximum atomic E-state index is 11.6. The van der Waals surface area contributed by atoms with Crippen molar-refractivity contribution in [2.45, 2.75) is 25.2 Å². The number of fused-ring (bicyclic) bond motifs is 1. The molecule has 1 aliphatic rings. The second-order valence-corrected chi connectivity index (χ2v) is 4.37. The lowest BCUT2D eigenvalue weighted by Gasteiger charge is -2.35. The van der Waals surface area contributed by atoms with E-state index in [9.17, 15) is 4.79 Å². The van der Waals surface area contributed by atoms with Crippen molar-refractivity contribution in [2.75, 3.05) is 11.9 Å². The Labute approximate surface area is 89.7 Å². The number of carbonyl (C=O) groups excluding carboxylic acids is 1. The van der Waals surface area contributed by atoms with Crippen molar-refractivity contribution in [3.8, 4) is 0 Å². The van der Waals surface area contributed by atoms with Gasteiger partial charge in [-0.1, -0.05) is 25.1 Å². The minimum Gasteiger partial charge on any atom is -0.330 e. The number of benzene rings is 1. The fourth-order valence-electron chi connectivity index (χ4n) is 2.30. The fourth-order valence-corrected chi connectivity index (χ4v) is 2.30. The third-order valence-electron chi connectivity index (χ3n) is 3.10. The highest BCUT2D eigenvalue weighted by Gasteiger charge is 2.34. The zero-order valence-electron chi connectivity index (χ0n) is 8.92. The molecule has 1 aliphatic heterocycles. The molecule has 3 heteroatoms. The molecule has 1 atom stereocenters. The average Bonchev–Trinajstić information content (AvgIpc) is 2.17. The highest BCUT2D eigenvalue weighted by molar-refractivity contribution is 5.95. The Kier molecular flexibility index (Phi) is 2.49. The minimum absolute atomic E-state index is 0.0876. The molecule has 1 heterocycles. The van der Waals surface area contributed by atoms with E-state index in [1.54, 1.807) is 0 Å². The molecule has 1 aromatic rings. The molecule has 0 fully saturated rings. The number of nitrogens with two attached hydrogens (primary N) is 1. The summed E-state index contributed by atoms with van der Waals surface area (Å²) in [4.78, 5) is 11.6. The van der Waals surface area contributed by atoms with Crippen molar-refractivity contribution in [3.05, 3.63) is 29.8 Å². The molecule has 0 radical (unpaired) electrons. The third kappa shape index (κ3) is 1.75. The van der Waals surface area contributed by atoms with Crippen LogP contribution in [0.15, 0.2) is 24.3 Å². The monoisotopic (exact) mass is 204 g/mol. The third-order valence-corrected chi connectivity index (χ3v) is 3.10. The Balaban J connectivity index is 2.46. The van der Waals surface area contributed by atoms with Crippen molar-refractivity contribution in [3.63, 3.8) is 0 Å². The molecular formula is C12H16N2O. The van der Waals surface area contributed by atoms with E-state index in [2.05, 4.69) is 18.3 Å². The summed E-state index contributed by atoms with van der Waals surface area (Å²) in [5.41, 5.74) is 7.65. The predicted molar refractivity (Wildman–Crippen MR) is 60.7 cm³/mol. The highest BCUT2D eigenvalue weighted by atomic mass is 16.1. The molecule has 0 spiro atoms. The zero-order chi connectivity index (χ0) is 10.9. The van der Waals surface area contributed by atoms with E-state index in [-0.39, 0.29) is 11.3 Å². The molecule has 1 aromatic carbocycles. The number of hydrogen-bond acceptors (Lipinski definition) is 2. The molecule has 0 aromatic heterocycles. The van der Waals surface area contributed by atoms with Crippen molar-refractivity contribution in [2.24, 2.45) is 5.73 Å². The van der Waals surface area contributed by atoms with E-state index in [1.807, 2.05) is 18.2 Å². The SMILES string of the molecule is CC1(CCN)CC(=O)Nc2ccccc21. The molecule has 0 bridgehead atoms. The number of carbonyl (C=O) groups is 1. The van der Waals surface area contributed by atoms with Crippen molar-refractivity contribution in [1.82, 2.24) is 0 Å². The Bertz CT molecular complexity index is 389. The maximum absolute atomic E-state index is 11.6. The van der Waals surface area contributed by atoms with Crippen LogP contribution >= 0.6 is 0 Å². The van der Waals surface area contributed by atoms with Crippen LogP contribution in [0.4, 0.5) is 5.69 Å². The smallest absolute Gasteiger partial charge is 0.225 e. The lowest BCUT2D eigenvalue weighted by Crippen LogP contribution is -2.36. The molecule has 3 N–H and O–H groups in total. The lowest BCUT2D eigenvalue weighted by molar-refractivity contribution is -0.117. The van der Waals surface area contributed by atoms with Crippen LogP contribution in [0.3, 0.4) is 0 Å². The fraction of sp³-hybridized carbons (Fsp3) is 0.417. The summed E-state index contributed by atoms with van der Waals surface area (Å²) < 4.78 is 0. The van der Waals surface area contributed by atoms with E-state index in [0.717, 1.165) is 12.1 Å². The van der Waals surface area contributed by atoms with E-state index in [0.29, 0.717) is 13.0 Å². The minimum atomic E-state index is -0.103. The first-order valence-electron chi connectivity index (χ1n) is 5.25. The second kappa shape index (κ2) is 3.66. The molecule has 0 aliphatic carbocycles. The predicted octanol–water partition coefficient (Wildman–Crippen LogP) is 1.64. The van der Waals surface area contributed by atoms with Crippen molar-refractivity contribution in [1.29, 1.82) is 0 Å². The van der Waals surface area contributed by atoms with Gasteiger partial charge in [-0.15, -0.1) is 0 Å². The quantitative estimate of drug-likeness (QED) is 0.769. The summed E-state index contributed by atoms with van der Waals surface area (Å²) in [6.45, 7) is 2.72. The molecule has 1 amide bonds. The van der Waals surface area contributed by atoms with Gasteiger partial charge in [0.2, 0.25) is 5.91 Å². The number of hydrogen-bond donors (Lipinski definition) is 2. The summed E-state index contributed by atoms with van der Waals surface area (Å²) in [5, 5.41) is 2.89. The molecule has 0 saturated heterocycles. The largest absolute Gasteiger partial charge is 0.330 e. The summed E-state index contributed by atoms with van der Waals surface area (Å²) in [7, 11) is 0. The van der Waals surface area contributed by atoms with Gasteiger partial charge in [-0.05, 0) is 24.6 Å². The molecule has 3 nitrogen and oxygen atoms in total. The van der Waals surface area contributed by atoms with Gasteiger partial charge >= 0.3 is 0 Å². The molecule has 80 valence electrons. The normalized spacial score (nSPS) is 24.5. The Hall–Kier alpha value is -1.35. The van der Waals surface area contributed by atoms with Crippen LogP contribution in [0.1, 0.15) is 25.3 Å². The molecular weight excluding hydrogens is 188 g/mol. The van der Waals surface area contributed by atoms with Crippen LogP contribution in [-0.4, -0.2) is 12.5 Å². The van der Waals surface area contributed by atoms with E-state index in [1.165, 1.54) is 5.56 Å². The first kappa shape index (κ1) is 10.2. The second-order valence-electron chi connectivity index (χ2n) is 4.37. The van der Waals surface area contributed by atoms with E-state index >= 15 is 0 Å². The van der Waals surface area contributed by atoms with Gasteiger partial charge in [0.25, 0.3) is 0 Å². The van der Waals surface area contributed by atoms with Gasteiger partial charge in [0.15, 0.2) is 0 Å². The number of anilines is 1. The van der Waals surface area contributed by atoms with E-state index < -0.39 is 0 Å². The maximum Gasteiger partial charge on any atom is 0.225 e. The van der Waals surface area contributed by atoms with Crippen LogP contribution in [0.5, 0.6) is 0 Å². The van der Waals surface area contributed by atoms with Crippen LogP contribution in [0.2, 0.25) is 0 Å². The van der Waals surface area contributed by atoms with Gasteiger partial charge in [0.05, 0.1) is 0 Å².